The number of esters is 2. The second-order valence-electron chi connectivity index (χ2n) is 3.48. The number of carbonyl (C=O) groups is 3. The molecule has 0 fully saturated rings. The molecule has 2 N–H and O–H groups in total. The molecule has 0 atom stereocenters. The monoisotopic (exact) mass is 259 g/mol. The van der Waals surface area contributed by atoms with Gasteiger partial charge in [0.2, 0.25) is 0 Å². The Morgan fingerprint density at radius 1 is 1.06 bits per heavy atom. The molecule has 7 nitrogen and oxygen atoms in total. The van der Waals surface area contributed by atoms with Gasteiger partial charge < -0.3 is 14.3 Å². The number of hydrogen-bond acceptors (Lipinski definition) is 7. The molecule has 0 aliphatic rings. The average molecular weight is 259 g/mol. The average Bonchev–Trinajstić information content (AvgIpc) is 2.33. The van der Waals surface area contributed by atoms with E-state index in [2.05, 4.69) is 17.3 Å². The molecule has 0 unspecified atom stereocenters. The molecule has 0 spiro atoms. The van der Waals surface area contributed by atoms with Crippen molar-refractivity contribution in [2.24, 2.45) is 5.90 Å². The van der Waals surface area contributed by atoms with Crippen molar-refractivity contribution < 1.29 is 28.7 Å². The Morgan fingerprint density at radius 2 is 1.61 bits per heavy atom. The van der Waals surface area contributed by atoms with Crippen LogP contribution in [0.2, 0.25) is 0 Å². The standard InChI is InChI=1S/C11H17NO6/c1-8(2)11(15)17-7-6-16-9(13)4-3-5-10(14)18-12/h1,3-7,12H2,2H3. The van der Waals surface area contributed by atoms with Crippen LogP contribution in [0.4, 0.5) is 0 Å². The first kappa shape index (κ1) is 16.1. The third kappa shape index (κ3) is 8.28. The Balaban J connectivity index is 3.51. The fourth-order valence-corrected chi connectivity index (χ4v) is 0.921. The van der Waals surface area contributed by atoms with Gasteiger partial charge in [-0.15, -0.1) is 0 Å². The Kier molecular flexibility index (Phi) is 8.21. The largest absolute Gasteiger partial charge is 0.462 e. The first-order chi connectivity index (χ1) is 8.47. The van der Waals surface area contributed by atoms with Crippen LogP contribution in [0.1, 0.15) is 26.2 Å². The highest BCUT2D eigenvalue weighted by Gasteiger charge is 2.07. The van der Waals surface area contributed by atoms with Crippen molar-refractivity contribution in [3.05, 3.63) is 12.2 Å². The Labute approximate surface area is 105 Å². The van der Waals surface area contributed by atoms with E-state index >= 15 is 0 Å². The van der Waals surface area contributed by atoms with Crippen LogP contribution in [-0.2, 0) is 28.7 Å². The summed E-state index contributed by atoms with van der Waals surface area (Å²) < 4.78 is 9.47. The summed E-state index contributed by atoms with van der Waals surface area (Å²) in [4.78, 5) is 36.6. The van der Waals surface area contributed by atoms with Gasteiger partial charge in [-0.25, -0.2) is 4.79 Å². The van der Waals surface area contributed by atoms with E-state index in [0.29, 0.717) is 6.42 Å². The lowest BCUT2D eigenvalue weighted by Gasteiger charge is -2.05. The van der Waals surface area contributed by atoms with E-state index in [1.807, 2.05) is 0 Å². The highest BCUT2D eigenvalue weighted by molar-refractivity contribution is 5.86. The Bertz CT molecular complexity index is 325. The van der Waals surface area contributed by atoms with Crippen LogP contribution in [0.5, 0.6) is 0 Å². The van der Waals surface area contributed by atoms with Crippen LogP contribution < -0.4 is 5.90 Å². The van der Waals surface area contributed by atoms with Crippen molar-refractivity contribution in [1.29, 1.82) is 0 Å². The highest BCUT2D eigenvalue weighted by atomic mass is 16.7. The number of hydrogen-bond donors (Lipinski definition) is 1. The maximum Gasteiger partial charge on any atom is 0.333 e. The van der Waals surface area contributed by atoms with Crippen LogP contribution >= 0.6 is 0 Å². The van der Waals surface area contributed by atoms with E-state index in [-0.39, 0.29) is 31.6 Å². The molecule has 0 saturated carbocycles. The van der Waals surface area contributed by atoms with E-state index in [1.165, 1.54) is 6.92 Å². The van der Waals surface area contributed by atoms with Gasteiger partial charge in [-0.05, 0) is 13.3 Å². The molecular formula is C11H17NO6. The number of carbonyl (C=O) groups excluding carboxylic acids is 3. The van der Waals surface area contributed by atoms with Gasteiger partial charge in [0, 0.05) is 18.4 Å². The first-order valence-electron chi connectivity index (χ1n) is 5.35. The lowest BCUT2D eigenvalue weighted by molar-refractivity contribution is -0.150. The van der Waals surface area contributed by atoms with Crippen LogP contribution in [0, 0.1) is 0 Å². The SMILES string of the molecule is C=C(C)C(=O)OCCOC(=O)CCCC(=O)ON. The van der Waals surface area contributed by atoms with Crippen molar-refractivity contribution in [2.75, 3.05) is 13.2 Å². The summed E-state index contributed by atoms with van der Waals surface area (Å²) in [6.07, 6.45) is 0.417. The third-order valence-electron chi connectivity index (χ3n) is 1.82. The molecule has 0 heterocycles. The van der Waals surface area contributed by atoms with Gasteiger partial charge in [-0.3, -0.25) is 9.59 Å². The summed E-state index contributed by atoms with van der Waals surface area (Å²) in [6.45, 7) is 4.86. The molecule has 0 aliphatic carbocycles. The van der Waals surface area contributed by atoms with Crippen molar-refractivity contribution in [3.8, 4) is 0 Å². The summed E-state index contributed by atoms with van der Waals surface area (Å²) in [7, 11) is 0. The lowest BCUT2D eigenvalue weighted by Crippen LogP contribution is -2.15. The van der Waals surface area contributed by atoms with Crippen molar-refractivity contribution >= 4 is 17.9 Å². The van der Waals surface area contributed by atoms with Crippen molar-refractivity contribution in [3.63, 3.8) is 0 Å². The van der Waals surface area contributed by atoms with Crippen LogP contribution in [-0.4, -0.2) is 31.1 Å². The molecule has 0 aromatic carbocycles. The normalized spacial score (nSPS) is 9.44. The lowest BCUT2D eigenvalue weighted by atomic mass is 10.2. The second-order valence-corrected chi connectivity index (χ2v) is 3.48. The maximum atomic E-state index is 11.1. The predicted octanol–water partition coefficient (Wildman–Crippen LogP) is 0.236. The molecule has 0 aromatic rings. The van der Waals surface area contributed by atoms with Gasteiger partial charge >= 0.3 is 17.9 Å². The minimum atomic E-state index is -0.585. The zero-order chi connectivity index (χ0) is 14.0. The predicted molar refractivity (Wildman–Crippen MR) is 60.9 cm³/mol. The van der Waals surface area contributed by atoms with Crippen molar-refractivity contribution in [2.45, 2.75) is 26.2 Å². The van der Waals surface area contributed by atoms with Gasteiger partial charge in [0.25, 0.3) is 0 Å². The number of ether oxygens (including phenoxy) is 2. The Morgan fingerprint density at radius 3 is 2.17 bits per heavy atom. The molecular weight excluding hydrogens is 242 g/mol. The highest BCUT2D eigenvalue weighted by Crippen LogP contribution is 1.99. The van der Waals surface area contributed by atoms with Gasteiger partial charge in [0.15, 0.2) is 0 Å². The van der Waals surface area contributed by atoms with Crippen LogP contribution in [0.15, 0.2) is 12.2 Å². The minimum Gasteiger partial charge on any atom is -0.462 e. The van der Waals surface area contributed by atoms with E-state index in [0.717, 1.165) is 0 Å². The molecule has 0 saturated heterocycles. The zero-order valence-electron chi connectivity index (χ0n) is 10.3. The molecule has 0 rings (SSSR count). The molecule has 0 radical (unpaired) electrons. The second kappa shape index (κ2) is 9.17. The summed E-state index contributed by atoms with van der Waals surface area (Å²) in [5.74, 6) is 3.02. The van der Waals surface area contributed by atoms with Gasteiger partial charge in [0.05, 0.1) is 0 Å². The molecule has 102 valence electrons. The van der Waals surface area contributed by atoms with Gasteiger partial charge in [-0.1, -0.05) is 6.58 Å². The van der Waals surface area contributed by atoms with Crippen molar-refractivity contribution in [1.82, 2.24) is 0 Å². The molecule has 18 heavy (non-hydrogen) atoms. The van der Waals surface area contributed by atoms with Crippen LogP contribution in [0.25, 0.3) is 0 Å². The molecule has 7 heteroatoms. The molecule has 0 amide bonds. The fourth-order valence-electron chi connectivity index (χ4n) is 0.921. The topological polar surface area (TPSA) is 105 Å². The summed E-state index contributed by atoms with van der Waals surface area (Å²) in [6, 6.07) is 0. The third-order valence-corrected chi connectivity index (χ3v) is 1.82. The number of nitrogens with two attached hydrogens (primary N) is 1. The smallest absolute Gasteiger partial charge is 0.333 e. The summed E-state index contributed by atoms with van der Waals surface area (Å²) in [5.41, 5.74) is 0.279. The van der Waals surface area contributed by atoms with E-state index in [1.54, 1.807) is 0 Å². The fraction of sp³-hybridized carbons (Fsp3) is 0.545. The molecule has 0 aliphatic heterocycles. The Hall–Kier alpha value is -1.89. The maximum absolute atomic E-state index is 11.1. The first-order valence-corrected chi connectivity index (χ1v) is 5.35. The summed E-state index contributed by atoms with van der Waals surface area (Å²) >= 11 is 0. The van der Waals surface area contributed by atoms with Gasteiger partial charge in [0.1, 0.15) is 13.2 Å². The van der Waals surface area contributed by atoms with E-state index in [4.69, 9.17) is 9.47 Å². The number of rotatable bonds is 8. The van der Waals surface area contributed by atoms with E-state index in [9.17, 15) is 14.4 Å². The van der Waals surface area contributed by atoms with E-state index < -0.39 is 17.9 Å². The summed E-state index contributed by atoms with van der Waals surface area (Å²) in [5, 5.41) is 0. The quantitative estimate of drug-likeness (QED) is 0.288. The van der Waals surface area contributed by atoms with Gasteiger partial charge in [-0.2, -0.15) is 5.90 Å². The molecule has 0 bridgehead atoms. The zero-order valence-corrected chi connectivity index (χ0v) is 10.3. The van der Waals surface area contributed by atoms with Crippen LogP contribution in [0.3, 0.4) is 0 Å². The molecule has 0 aromatic heterocycles. The minimum absolute atomic E-state index is 0.0255.